The summed E-state index contributed by atoms with van der Waals surface area (Å²) in [5.74, 6) is 0.124. The SMILES string of the molecule is Cc1nc(CC(=O)N(Cc2cc3cccc(C)c3nc2-c2cccc(Cl)c2)C2CC2)cs1. The van der Waals surface area contributed by atoms with Crippen molar-refractivity contribution in [3.8, 4) is 11.3 Å². The van der Waals surface area contributed by atoms with Crippen molar-refractivity contribution in [2.75, 3.05) is 0 Å². The standard InChI is InChI=1S/C26H24ClN3OS/c1-16-5-3-6-18-11-20(26(29-25(16)18)19-7-4-8-21(27)12-19)14-30(23-9-10-23)24(31)13-22-15-32-17(2)28-22/h3-8,11-12,15,23H,9-10,13-14H2,1-2H3. The summed E-state index contributed by atoms with van der Waals surface area (Å²) in [5.41, 5.74) is 5.86. The van der Waals surface area contributed by atoms with Crippen molar-refractivity contribution >= 4 is 39.7 Å². The molecule has 2 aromatic heterocycles. The lowest BCUT2D eigenvalue weighted by Gasteiger charge is -2.24. The van der Waals surface area contributed by atoms with Crippen molar-refractivity contribution in [3.05, 3.63) is 80.8 Å². The summed E-state index contributed by atoms with van der Waals surface area (Å²) < 4.78 is 0. The lowest BCUT2D eigenvalue weighted by Crippen LogP contribution is -2.34. The Morgan fingerprint density at radius 1 is 1.12 bits per heavy atom. The van der Waals surface area contributed by atoms with Crippen LogP contribution >= 0.6 is 22.9 Å². The highest BCUT2D eigenvalue weighted by atomic mass is 35.5. The van der Waals surface area contributed by atoms with Crippen LogP contribution in [-0.2, 0) is 17.8 Å². The maximum Gasteiger partial charge on any atom is 0.229 e. The van der Waals surface area contributed by atoms with E-state index in [-0.39, 0.29) is 5.91 Å². The van der Waals surface area contributed by atoms with E-state index in [9.17, 15) is 4.79 Å². The molecule has 0 aliphatic heterocycles. The van der Waals surface area contributed by atoms with E-state index >= 15 is 0 Å². The number of nitrogens with zero attached hydrogens (tertiary/aromatic N) is 3. The molecule has 1 aliphatic carbocycles. The van der Waals surface area contributed by atoms with E-state index in [1.807, 2.05) is 41.5 Å². The van der Waals surface area contributed by atoms with Gasteiger partial charge in [-0.25, -0.2) is 9.97 Å². The lowest BCUT2D eigenvalue weighted by molar-refractivity contribution is -0.131. The third-order valence-electron chi connectivity index (χ3n) is 5.87. The highest BCUT2D eigenvalue weighted by molar-refractivity contribution is 7.09. The van der Waals surface area contributed by atoms with Crippen LogP contribution in [0.2, 0.25) is 5.02 Å². The molecule has 2 aromatic carbocycles. The normalized spacial score (nSPS) is 13.5. The lowest BCUT2D eigenvalue weighted by atomic mass is 10.0. The molecule has 0 radical (unpaired) electrons. The van der Waals surface area contributed by atoms with Gasteiger partial charge in [0, 0.05) is 33.9 Å². The number of fused-ring (bicyclic) bond motifs is 1. The number of carbonyl (C=O) groups excluding carboxylic acids is 1. The number of pyridine rings is 1. The van der Waals surface area contributed by atoms with Crippen LogP contribution in [0.5, 0.6) is 0 Å². The fraction of sp³-hybridized carbons (Fsp3) is 0.269. The molecule has 1 aliphatic rings. The summed E-state index contributed by atoms with van der Waals surface area (Å²) in [4.78, 5) is 24.8. The fourth-order valence-corrected chi connectivity index (χ4v) is 4.94. The van der Waals surface area contributed by atoms with Crippen LogP contribution in [0, 0.1) is 13.8 Å². The van der Waals surface area contributed by atoms with Gasteiger partial charge in [0.15, 0.2) is 0 Å². The van der Waals surface area contributed by atoms with Crippen molar-refractivity contribution in [1.29, 1.82) is 0 Å². The highest BCUT2D eigenvalue weighted by Gasteiger charge is 2.33. The van der Waals surface area contributed by atoms with E-state index in [2.05, 4.69) is 36.2 Å². The Morgan fingerprint density at radius 3 is 2.66 bits per heavy atom. The zero-order valence-electron chi connectivity index (χ0n) is 18.1. The number of thiazole rings is 1. The first-order chi connectivity index (χ1) is 15.5. The zero-order chi connectivity index (χ0) is 22.2. The molecular weight excluding hydrogens is 438 g/mol. The number of amides is 1. The number of aryl methyl sites for hydroxylation is 2. The van der Waals surface area contributed by atoms with E-state index in [4.69, 9.17) is 16.6 Å². The van der Waals surface area contributed by atoms with Crippen LogP contribution in [-0.4, -0.2) is 26.8 Å². The summed E-state index contributed by atoms with van der Waals surface area (Å²) in [5, 5.41) is 4.73. The quantitative estimate of drug-likeness (QED) is 0.335. The second-order valence-corrected chi connectivity index (χ2v) is 9.94. The third kappa shape index (κ3) is 4.41. The van der Waals surface area contributed by atoms with Gasteiger partial charge in [-0.3, -0.25) is 4.79 Å². The predicted octanol–water partition coefficient (Wildman–Crippen LogP) is 6.36. The Morgan fingerprint density at radius 2 is 1.94 bits per heavy atom. The number of carbonyl (C=O) groups is 1. The van der Waals surface area contributed by atoms with Crippen LogP contribution in [0.4, 0.5) is 0 Å². The highest BCUT2D eigenvalue weighted by Crippen LogP contribution is 2.34. The summed E-state index contributed by atoms with van der Waals surface area (Å²) in [6.07, 6.45) is 2.44. The molecule has 6 heteroatoms. The number of halogens is 1. The van der Waals surface area contributed by atoms with E-state index in [1.165, 1.54) is 0 Å². The van der Waals surface area contributed by atoms with Crippen molar-refractivity contribution in [2.45, 2.75) is 45.7 Å². The Balaban J connectivity index is 1.55. The van der Waals surface area contributed by atoms with E-state index < -0.39 is 0 Å². The number of aromatic nitrogens is 2. The molecule has 0 unspecified atom stereocenters. The van der Waals surface area contributed by atoms with Gasteiger partial charge in [-0.05, 0) is 56.0 Å². The molecule has 1 amide bonds. The number of benzene rings is 2. The Hall–Kier alpha value is -2.76. The maximum absolute atomic E-state index is 13.3. The molecule has 32 heavy (non-hydrogen) atoms. The first kappa shape index (κ1) is 21.1. The molecule has 0 atom stereocenters. The molecule has 0 spiro atoms. The van der Waals surface area contributed by atoms with Gasteiger partial charge in [-0.15, -0.1) is 11.3 Å². The molecule has 4 nitrogen and oxygen atoms in total. The molecule has 0 bridgehead atoms. The maximum atomic E-state index is 13.3. The van der Waals surface area contributed by atoms with Crippen molar-refractivity contribution in [2.24, 2.45) is 0 Å². The van der Waals surface area contributed by atoms with Crippen LogP contribution in [0.1, 0.15) is 34.7 Å². The second-order valence-electron chi connectivity index (χ2n) is 8.44. The smallest absolute Gasteiger partial charge is 0.229 e. The summed E-state index contributed by atoms with van der Waals surface area (Å²) in [6.45, 7) is 4.58. The van der Waals surface area contributed by atoms with Crippen LogP contribution in [0.15, 0.2) is 53.9 Å². The van der Waals surface area contributed by atoms with Crippen LogP contribution < -0.4 is 0 Å². The molecule has 4 aromatic rings. The van der Waals surface area contributed by atoms with Gasteiger partial charge in [0.2, 0.25) is 5.91 Å². The van der Waals surface area contributed by atoms with Crippen molar-refractivity contribution in [1.82, 2.24) is 14.9 Å². The Kier molecular flexibility index (Phi) is 5.70. The van der Waals surface area contributed by atoms with Gasteiger partial charge in [0.1, 0.15) is 0 Å². The topological polar surface area (TPSA) is 46.1 Å². The molecule has 0 saturated heterocycles. The second kappa shape index (κ2) is 8.64. The van der Waals surface area contributed by atoms with Crippen LogP contribution in [0.25, 0.3) is 22.2 Å². The molecular formula is C26H24ClN3OS. The Labute approximate surface area is 196 Å². The molecule has 2 heterocycles. The van der Waals surface area contributed by atoms with E-state index in [0.29, 0.717) is 24.0 Å². The number of para-hydroxylation sites is 1. The minimum Gasteiger partial charge on any atom is -0.335 e. The van der Waals surface area contributed by atoms with Gasteiger partial charge in [0.25, 0.3) is 0 Å². The Bertz CT molecular complexity index is 1310. The van der Waals surface area contributed by atoms with E-state index in [1.54, 1.807) is 11.3 Å². The summed E-state index contributed by atoms with van der Waals surface area (Å²) in [7, 11) is 0. The fourth-order valence-electron chi connectivity index (χ4n) is 4.13. The average Bonchev–Trinajstić information content (AvgIpc) is 3.53. The minimum atomic E-state index is 0.124. The van der Waals surface area contributed by atoms with Crippen LogP contribution in [0.3, 0.4) is 0 Å². The average molecular weight is 462 g/mol. The zero-order valence-corrected chi connectivity index (χ0v) is 19.7. The van der Waals surface area contributed by atoms with Gasteiger partial charge in [-0.1, -0.05) is 41.9 Å². The largest absolute Gasteiger partial charge is 0.335 e. The third-order valence-corrected chi connectivity index (χ3v) is 6.93. The molecule has 1 saturated carbocycles. The molecule has 1 fully saturated rings. The summed E-state index contributed by atoms with van der Waals surface area (Å²) in [6, 6.07) is 16.5. The van der Waals surface area contributed by atoms with Gasteiger partial charge in [-0.2, -0.15) is 0 Å². The first-order valence-corrected chi connectivity index (χ1v) is 12.1. The minimum absolute atomic E-state index is 0.124. The summed E-state index contributed by atoms with van der Waals surface area (Å²) >= 11 is 7.89. The first-order valence-electron chi connectivity index (χ1n) is 10.8. The molecule has 0 N–H and O–H groups in total. The monoisotopic (exact) mass is 461 g/mol. The number of hydrogen-bond donors (Lipinski definition) is 0. The number of rotatable bonds is 6. The molecule has 5 rings (SSSR count). The van der Waals surface area contributed by atoms with Gasteiger partial charge in [0.05, 0.1) is 28.3 Å². The van der Waals surface area contributed by atoms with E-state index in [0.717, 1.165) is 56.8 Å². The van der Waals surface area contributed by atoms with Gasteiger partial charge < -0.3 is 4.90 Å². The van der Waals surface area contributed by atoms with Crippen molar-refractivity contribution < 1.29 is 4.79 Å². The van der Waals surface area contributed by atoms with Gasteiger partial charge >= 0.3 is 0 Å². The number of hydrogen-bond acceptors (Lipinski definition) is 4. The molecule has 162 valence electrons. The predicted molar refractivity (Wildman–Crippen MR) is 131 cm³/mol. The van der Waals surface area contributed by atoms with Crippen molar-refractivity contribution in [3.63, 3.8) is 0 Å².